The lowest BCUT2D eigenvalue weighted by molar-refractivity contribution is 0.265. The second-order valence-corrected chi connectivity index (χ2v) is 8.64. The third-order valence-corrected chi connectivity index (χ3v) is 5.95. The van der Waals surface area contributed by atoms with Crippen LogP contribution in [0.25, 0.3) is 17.2 Å². The monoisotopic (exact) mass is 372 g/mol. The summed E-state index contributed by atoms with van der Waals surface area (Å²) in [4.78, 5) is 17.6. The Balaban J connectivity index is 1.57. The fourth-order valence-electron chi connectivity index (χ4n) is 3.44. The molecule has 3 aromatic heterocycles. The number of aromatic nitrogens is 5. The summed E-state index contributed by atoms with van der Waals surface area (Å²) >= 11 is 0. The van der Waals surface area contributed by atoms with Crippen LogP contribution in [-0.4, -0.2) is 56.4 Å². The third kappa shape index (κ3) is 3.45. The average Bonchev–Trinajstić information content (AvgIpc) is 3.06. The molecule has 0 spiro atoms. The molecular formula is C17H20N6O2S. The number of nitrogens with zero attached hydrogens (tertiary/aromatic N) is 6. The van der Waals surface area contributed by atoms with Gasteiger partial charge in [0.05, 0.1) is 30.0 Å². The summed E-state index contributed by atoms with van der Waals surface area (Å²) in [5.74, 6) is 0.873. The second-order valence-electron chi connectivity index (χ2n) is 6.66. The van der Waals surface area contributed by atoms with Gasteiger partial charge in [-0.3, -0.25) is 9.38 Å². The SMILES string of the molecule is CS(=O)(=O)N1CCC[C@@H](Cc2cncc(-c3cnc4ncccn34)n2)C1. The van der Waals surface area contributed by atoms with E-state index in [9.17, 15) is 8.42 Å². The predicted molar refractivity (Wildman–Crippen MR) is 96.9 cm³/mol. The minimum Gasteiger partial charge on any atom is -0.282 e. The van der Waals surface area contributed by atoms with Gasteiger partial charge in [-0.15, -0.1) is 0 Å². The lowest BCUT2D eigenvalue weighted by Crippen LogP contribution is -2.39. The van der Waals surface area contributed by atoms with Gasteiger partial charge in [-0.2, -0.15) is 0 Å². The maximum absolute atomic E-state index is 11.8. The van der Waals surface area contributed by atoms with E-state index in [0.29, 0.717) is 25.3 Å². The zero-order chi connectivity index (χ0) is 18.1. The first-order valence-corrected chi connectivity index (χ1v) is 10.4. The van der Waals surface area contributed by atoms with E-state index in [1.807, 2.05) is 16.7 Å². The topological polar surface area (TPSA) is 93.4 Å². The van der Waals surface area contributed by atoms with E-state index in [-0.39, 0.29) is 5.92 Å². The van der Waals surface area contributed by atoms with Crippen molar-refractivity contribution in [3.63, 3.8) is 0 Å². The molecule has 0 bridgehead atoms. The van der Waals surface area contributed by atoms with Gasteiger partial charge in [0.2, 0.25) is 15.8 Å². The zero-order valence-corrected chi connectivity index (χ0v) is 15.3. The maximum Gasteiger partial charge on any atom is 0.234 e. The number of imidazole rings is 1. The van der Waals surface area contributed by atoms with E-state index in [1.54, 1.807) is 29.1 Å². The summed E-state index contributed by atoms with van der Waals surface area (Å²) in [5, 5.41) is 0. The van der Waals surface area contributed by atoms with Crippen molar-refractivity contribution in [1.82, 2.24) is 28.6 Å². The van der Waals surface area contributed by atoms with Crippen LogP contribution in [0.5, 0.6) is 0 Å². The highest BCUT2D eigenvalue weighted by atomic mass is 32.2. The number of rotatable bonds is 4. The molecule has 1 fully saturated rings. The first-order chi connectivity index (χ1) is 12.5. The summed E-state index contributed by atoms with van der Waals surface area (Å²) in [7, 11) is -3.14. The number of hydrogen-bond donors (Lipinski definition) is 0. The van der Waals surface area contributed by atoms with Crippen molar-refractivity contribution in [2.45, 2.75) is 19.3 Å². The molecule has 8 nitrogen and oxygen atoms in total. The molecule has 0 unspecified atom stereocenters. The van der Waals surface area contributed by atoms with Gasteiger partial charge >= 0.3 is 0 Å². The summed E-state index contributed by atoms with van der Waals surface area (Å²) in [6.07, 6.45) is 12.7. The van der Waals surface area contributed by atoms with Crippen molar-refractivity contribution in [2.24, 2.45) is 5.92 Å². The lowest BCUT2D eigenvalue weighted by atomic mass is 9.95. The minimum absolute atomic E-state index is 0.256. The maximum atomic E-state index is 11.8. The Labute approximate surface area is 152 Å². The normalized spacial score (nSPS) is 19.0. The Morgan fingerprint density at radius 2 is 2.12 bits per heavy atom. The number of fused-ring (bicyclic) bond motifs is 1. The molecule has 1 saturated heterocycles. The van der Waals surface area contributed by atoms with Crippen LogP contribution in [-0.2, 0) is 16.4 Å². The smallest absolute Gasteiger partial charge is 0.234 e. The van der Waals surface area contributed by atoms with Gasteiger partial charge in [0.15, 0.2) is 0 Å². The molecule has 1 aliphatic heterocycles. The van der Waals surface area contributed by atoms with Crippen LogP contribution in [0.4, 0.5) is 0 Å². The van der Waals surface area contributed by atoms with Crippen molar-refractivity contribution < 1.29 is 8.42 Å². The molecule has 4 rings (SSSR count). The third-order valence-electron chi connectivity index (χ3n) is 4.68. The van der Waals surface area contributed by atoms with E-state index in [2.05, 4.69) is 15.0 Å². The van der Waals surface area contributed by atoms with Crippen molar-refractivity contribution in [2.75, 3.05) is 19.3 Å². The minimum atomic E-state index is -3.14. The van der Waals surface area contributed by atoms with Crippen LogP contribution in [0, 0.1) is 5.92 Å². The van der Waals surface area contributed by atoms with Gasteiger partial charge in [-0.1, -0.05) is 0 Å². The molecule has 0 aliphatic carbocycles. The van der Waals surface area contributed by atoms with Crippen molar-refractivity contribution in [3.8, 4) is 11.4 Å². The zero-order valence-electron chi connectivity index (χ0n) is 14.5. The van der Waals surface area contributed by atoms with Gasteiger partial charge in [0.1, 0.15) is 5.69 Å². The lowest BCUT2D eigenvalue weighted by Gasteiger charge is -2.30. The molecule has 0 radical (unpaired) electrons. The Bertz CT molecular complexity index is 1030. The molecule has 1 atom stereocenters. The Morgan fingerprint density at radius 1 is 1.23 bits per heavy atom. The summed E-state index contributed by atoms with van der Waals surface area (Å²) in [6.45, 7) is 1.15. The highest BCUT2D eigenvalue weighted by Crippen LogP contribution is 2.23. The highest BCUT2D eigenvalue weighted by molar-refractivity contribution is 7.88. The van der Waals surface area contributed by atoms with Crippen LogP contribution in [0.1, 0.15) is 18.5 Å². The molecule has 9 heteroatoms. The van der Waals surface area contributed by atoms with Crippen LogP contribution >= 0.6 is 0 Å². The van der Waals surface area contributed by atoms with Gasteiger partial charge in [0, 0.05) is 31.7 Å². The average molecular weight is 372 g/mol. The number of sulfonamides is 1. The van der Waals surface area contributed by atoms with E-state index in [0.717, 1.165) is 29.9 Å². The van der Waals surface area contributed by atoms with Crippen molar-refractivity contribution in [1.29, 1.82) is 0 Å². The van der Waals surface area contributed by atoms with Crippen LogP contribution < -0.4 is 0 Å². The number of piperidine rings is 1. The molecule has 26 heavy (non-hydrogen) atoms. The fraction of sp³-hybridized carbons (Fsp3) is 0.412. The van der Waals surface area contributed by atoms with Crippen molar-refractivity contribution >= 4 is 15.8 Å². The first-order valence-electron chi connectivity index (χ1n) is 8.55. The van der Waals surface area contributed by atoms with E-state index in [4.69, 9.17) is 4.98 Å². The molecule has 136 valence electrons. The van der Waals surface area contributed by atoms with Gasteiger partial charge in [-0.05, 0) is 31.2 Å². The molecule has 0 saturated carbocycles. The molecule has 0 aromatic carbocycles. The largest absolute Gasteiger partial charge is 0.282 e. The fourth-order valence-corrected chi connectivity index (χ4v) is 4.38. The summed E-state index contributed by atoms with van der Waals surface area (Å²) < 4.78 is 27.0. The second kappa shape index (κ2) is 6.73. The predicted octanol–water partition coefficient (Wildman–Crippen LogP) is 1.40. The summed E-state index contributed by atoms with van der Waals surface area (Å²) in [5.41, 5.74) is 2.43. The van der Waals surface area contributed by atoms with E-state index >= 15 is 0 Å². The Hall–Kier alpha value is -2.39. The van der Waals surface area contributed by atoms with E-state index in [1.165, 1.54) is 6.26 Å². The highest BCUT2D eigenvalue weighted by Gasteiger charge is 2.26. The Morgan fingerprint density at radius 3 is 2.96 bits per heavy atom. The van der Waals surface area contributed by atoms with Gasteiger partial charge in [0.25, 0.3) is 0 Å². The molecule has 0 N–H and O–H groups in total. The number of hydrogen-bond acceptors (Lipinski definition) is 6. The Kier molecular flexibility index (Phi) is 4.41. The molecule has 3 aromatic rings. The quantitative estimate of drug-likeness (QED) is 0.687. The standard InChI is InChI=1S/C17H20N6O2S/c1-26(24,25)22-6-2-4-13(12-22)8-14-9-18-10-15(21-14)16-11-20-17-19-5-3-7-23(16)17/h3,5,7,9-11,13H,2,4,6,8,12H2,1H3/t13-/m0/s1. The van der Waals surface area contributed by atoms with Crippen LogP contribution in [0.2, 0.25) is 0 Å². The molecule has 4 heterocycles. The van der Waals surface area contributed by atoms with Gasteiger partial charge in [-0.25, -0.2) is 27.7 Å². The summed E-state index contributed by atoms with van der Waals surface area (Å²) in [6, 6.07) is 1.84. The van der Waals surface area contributed by atoms with Crippen LogP contribution in [0.3, 0.4) is 0 Å². The molecule has 1 aliphatic rings. The first kappa shape index (κ1) is 17.0. The van der Waals surface area contributed by atoms with Crippen molar-refractivity contribution in [3.05, 3.63) is 42.7 Å². The van der Waals surface area contributed by atoms with Gasteiger partial charge < -0.3 is 0 Å². The molecular weight excluding hydrogens is 352 g/mol. The van der Waals surface area contributed by atoms with E-state index < -0.39 is 10.0 Å². The van der Waals surface area contributed by atoms with Crippen LogP contribution in [0.15, 0.2) is 37.1 Å². The molecule has 0 amide bonds.